The van der Waals surface area contributed by atoms with Crippen LogP contribution in [0, 0.1) is 0 Å². The maximum Gasteiger partial charge on any atom is 0.490 e. The highest BCUT2D eigenvalue weighted by Crippen LogP contribution is 2.66. The number of aromatic amines is 1. The average Bonchev–Trinajstić information content (AvgIpc) is 2.86. The fraction of sp³-hybridized carbons (Fsp3) is 0.545. The molecule has 1 aliphatic heterocycles. The molecule has 1 saturated heterocycles. The van der Waals surface area contributed by atoms with Gasteiger partial charge in [0.15, 0.2) is 12.3 Å². The van der Waals surface area contributed by atoms with Crippen molar-refractivity contribution in [3.05, 3.63) is 33.1 Å². The summed E-state index contributed by atoms with van der Waals surface area (Å²) in [7, 11) is -16.9. The number of carbonyl (C=O) groups is 1. The van der Waals surface area contributed by atoms with Gasteiger partial charge in [-0.15, -0.1) is 0 Å². The van der Waals surface area contributed by atoms with E-state index in [1.165, 1.54) is 0 Å². The first-order valence-corrected chi connectivity index (χ1v) is 12.6. The molecule has 0 spiro atoms. The Balaban J connectivity index is 2.19. The molecule has 18 nitrogen and oxygen atoms in total. The summed E-state index contributed by atoms with van der Waals surface area (Å²) in [4.78, 5) is 72.0. The van der Waals surface area contributed by atoms with Crippen LogP contribution in [0.2, 0.25) is 0 Å². The second kappa shape index (κ2) is 9.77. The molecule has 1 aromatic heterocycles. The molecule has 6 N–H and O–H groups in total. The Morgan fingerprint density at radius 1 is 1.16 bits per heavy atom. The number of esters is 1. The summed E-state index contributed by atoms with van der Waals surface area (Å²) < 4.78 is 56.2. The Morgan fingerprint density at radius 3 is 2.31 bits per heavy atom. The van der Waals surface area contributed by atoms with Crippen LogP contribution in [0.3, 0.4) is 0 Å². The molecule has 21 heteroatoms. The molecule has 1 fully saturated rings. The number of nitrogens with one attached hydrogen (secondary N) is 1. The molecule has 0 aliphatic carbocycles. The van der Waals surface area contributed by atoms with Crippen molar-refractivity contribution < 1.29 is 65.8 Å². The van der Waals surface area contributed by atoms with Crippen molar-refractivity contribution in [1.82, 2.24) is 9.55 Å². The van der Waals surface area contributed by atoms with Gasteiger partial charge in [-0.3, -0.25) is 23.7 Å². The largest absolute Gasteiger partial charge is 0.490 e. The molecule has 2 rings (SSSR count). The molecule has 0 radical (unpaired) electrons. The third-order valence-electron chi connectivity index (χ3n) is 3.55. The van der Waals surface area contributed by atoms with Crippen molar-refractivity contribution in [3.8, 4) is 0 Å². The van der Waals surface area contributed by atoms with Crippen LogP contribution in [0.1, 0.15) is 13.2 Å². The smallest absolute Gasteiger partial charge is 0.457 e. The molecule has 6 atom stereocenters. The topological polar surface area (TPSA) is 270 Å². The molecule has 0 aromatic carbocycles. The third-order valence-corrected chi connectivity index (χ3v) is 7.36. The summed E-state index contributed by atoms with van der Waals surface area (Å²) >= 11 is 0. The molecule has 2 heterocycles. The third kappa shape index (κ3) is 7.52. The number of carbonyl (C=O) groups excluding carboxylic acids is 1. The lowest BCUT2D eigenvalue weighted by Gasteiger charge is -2.21. The van der Waals surface area contributed by atoms with E-state index in [0.717, 1.165) is 19.2 Å². The number of hydrogen-bond acceptors (Lipinski definition) is 12. The summed E-state index contributed by atoms with van der Waals surface area (Å²) in [5.41, 5.74) is -1.78. The molecule has 0 saturated carbocycles. The maximum absolute atomic E-state index is 11.9. The van der Waals surface area contributed by atoms with Crippen LogP contribution in [0.5, 0.6) is 0 Å². The predicted octanol–water partition coefficient (Wildman–Crippen LogP) is -1.93. The number of phosphoric ester groups is 1. The number of aliphatic hydroxyl groups is 1. The van der Waals surface area contributed by atoms with Crippen molar-refractivity contribution in [3.63, 3.8) is 0 Å². The van der Waals surface area contributed by atoms with Crippen molar-refractivity contribution in [2.75, 3.05) is 6.61 Å². The number of aromatic nitrogens is 2. The minimum Gasteiger partial charge on any atom is -0.457 e. The fourth-order valence-electron chi connectivity index (χ4n) is 2.52. The van der Waals surface area contributed by atoms with Crippen molar-refractivity contribution in [2.24, 2.45) is 0 Å². The monoisotopic (exact) mass is 526 g/mol. The molecular weight excluding hydrogens is 509 g/mol. The number of hydrogen-bond donors (Lipinski definition) is 6. The Kier molecular flexibility index (Phi) is 8.16. The molecular formula is C11H17N2O16P3. The Bertz CT molecular complexity index is 1110. The van der Waals surface area contributed by atoms with Crippen LogP contribution < -0.4 is 11.2 Å². The quantitative estimate of drug-likeness (QED) is 0.151. The van der Waals surface area contributed by atoms with E-state index in [1.54, 1.807) is 0 Å². The van der Waals surface area contributed by atoms with Gasteiger partial charge in [-0.1, -0.05) is 0 Å². The SMILES string of the molecule is CC(=O)O[C@@H]1C(O)[C@H](n2ccc(=O)[nH]c2=O)O[C@@H]1COP(=O)(O)OP(=O)(O)OP(=O)(O)O. The molecule has 0 amide bonds. The highest BCUT2D eigenvalue weighted by molar-refractivity contribution is 7.66. The first-order chi connectivity index (χ1) is 14.5. The maximum atomic E-state index is 11.9. The van der Waals surface area contributed by atoms with Gasteiger partial charge >= 0.3 is 35.1 Å². The first kappa shape index (κ1) is 26.7. The number of H-pyrrole nitrogens is 1. The number of aliphatic hydroxyl groups excluding tert-OH is 1. The van der Waals surface area contributed by atoms with Crippen LogP contribution in [-0.4, -0.2) is 65.1 Å². The lowest BCUT2D eigenvalue weighted by Crippen LogP contribution is -2.39. The van der Waals surface area contributed by atoms with Gasteiger partial charge in [-0.2, -0.15) is 8.62 Å². The van der Waals surface area contributed by atoms with E-state index >= 15 is 0 Å². The molecule has 32 heavy (non-hydrogen) atoms. The van der Waals surface area contributed by atoms with Crippen molar-refractivity contribution >= 4 is 29.4 Å². The summed E-state index contributed by atoms with van der Waals surface area (Å²) in [5.74, 6) is -0.935. The van der Waals surface area contributed by atoms with E-state index in [2.05, 4.69) is 13.1 Å². The van der Waals surface area contributed by atoms with E-state index in [0.29, 0.717) is 4.57 Å². The Hall–Kier alpha value is -1.52. The van der Waals surface area contributed by atoms with Gasteiger partial charge < -0.3 is 34.2 Å². The summed E-state index contributed by atoms with van der Waals surface area (Å²) in [5, 5.41) is 10.4. The lowest BCUT2D eigenvalue weighted by molar-refractivity contribution is -0.153. The van der Waals surface area contributed by atoms with Crippen LogP contribution in [-0.2, 0) is 41.1 Å². The summed E-state index contributed by atoms with van der Waals surface area (Å²) in [6.07, 6.45) is -5.54. The van der Waals surface area contributed by atoms with Crippen LogP contribution in [0.15, 0.2) is 21.9 Å². The van der Waals surface area contributed by atoms with Gasteiger partial charge in [0.2, 0.25) is 0 Å². The Labute approximate surface area is 176 Å². The Morgan fingerprint density at radius 2 is 1.78 bits per heavy atom. The number of nitrogens with zero attached hydrogens (tertiary/aromatic N) is 1. The average molecular weight is 526 g/mol. The standard InChI is InChI=1S/C11H17N2O16P3/c1-5(14)26-9-6(4-25-31(21,22)29-32(23,24)28-30(18,19)20)27-10(8(9)16)13-3-2-7(15)12-11(13)17/h2-3,6,8-10,16H,4H2,1H3,(H,21,22)(H,23,24)(H,12,15,17)(H2,18,19,20)/t6-,8?,9+,10-/m1/s1. The minimum atomic E-state index is -5.77. The van der Waals surface area contributed by atoms with Crippen molar-refractivity contribution in [2.45, 2.75) is 31.5 Å². The molecule has 1 aromatic rings. The van der Waals surface area contributed by atoms with Crippen LogP contribution in [0.4, 0.5) is 0 Å². The van der Waals surface area contributed by atoms with Crippen LogP contribution >= 0.6 is 23.5 Å². The van der Waals surface area contributed by atoms with Crippen molar-refractivity contribution in [1.29, 1.82) is 0 Å². The van der Waals surface area contributed by atoms with Gasteiger partial charge in [0, 0.05) is 19.2 Å². The van der Waals surface area contributed by atoms with E-state index in [9.17, 15) is 38.1 Å². The molecule has 182 valence electrons. The summed E-state index contributed by atoms with van der Waals surface area (Å²) in [6.45, 7) is -0.112. The minimum absolute atomic E-state index is 0.716. The first-order valence-electron chi connectivity index (χ1n) is 8.10. The number of ether oxygens (including phenoxy) is 2. The zero-order valence-electron chi connectivity index (χ0n) is 15.7. The van der Waals surface area contributed by atoms with Gasteiger partial charge in [0.1, 0.15) is 12.2 Å². The second-order valence-corrected chi connectivity index (χ2v) is 10.5. The zero-order valence-corrected chi connectivity index (χ0v) is 18.4. The van der Waals surface area contributed by atoms with Gasteiger partial charge in [0.05, 0.1) is 6.61 Å². The van der Waals surface area contributed by atoms with E-state index in [4.69, 9.17) is 24.2 Å². The molecule has 1 aliphatic rings. The van der Waals surface area contributed by atoms with Gasteiger partial charge in [-0.25, -0.2) is 18.5 Å². The molecule has 3 unspecified atom stereocenters. The van der Waals surface area contributed by atoms with Gasteiger partial charge in [-0.05, 0) is 0 Å². The summed E-state index contributed by atoms with van der Waals surface area (Å²) in [6, 6.07) is 0.914. The number of rotatable bonds is 9. The number of phosphoric acid groups is 3. The highest BCUT2D eigenvalue weighted by Gasteiger charge is 2.49. The van der Waals surface area contributed by atoms with E-state index in [1.807, 2.05) is 4.98 Å². The van der Waals surface area contributed by atoms with E-state index < -0.39 is 71.8 Å². The zero-order chi connectivity index (χ0) is 24.5. The highest BCUT2D eigenvalue weighted by atomic mass is 31.3. The van der Waals surface area contributed by atoms with E-state index in [-0.39, 0.29) is 0 Å². The van der Waals surface area contributed by atoms with Gasteiger partial charge in [0.25, 0.3) is 5.56 Å². The fourth-order valence-corrected chi connectivity index (χ4v) is 5.55. The molecule has 0 bridgehead atoms. The lowest BCUT2D eigenvalue weighted by atomic mass is 10.1. The van der Waals surface area contributed by atoms with Crippen LogP contribution in [0.25, 0.3) is 0 Å². The second-order valence-electron chi connectivity index (χ2n) is 6.03. The normalized spacial score (nSPS) is 27.4. The predicted molar refractivity (Wildman–Crippen MR) is 96.6 cm³/mol.